The van der Waals surface area contributed by atoms with Gasteiger partial charge in [-0.05, 0) is 119 Å². The van der Waals surface area contributed by atoms with Crippen molar-refractivity contribution in [3.05, 3.63) is 34.3 Å². The number of alkyl halides is 3. The summed E-state index contributed by atoms with van der Waals surface area (Å²) in [5.74, 6) is -8.74. The molecule has 1 aromatic carbocycles. The minimum atomic E-state index is -4.76. The summed E-state index contributed by atoms with van der Waals surface area (Å²) in [6.07, 6.45) is 4.13. The number of carbonyl (C=O) groups excluding carboxylic acids is 12. The molecule has 1 spiro atoms. The van der Waals surface area contributed by atoms with Crippen molar-refractivity contribution in [2.24, 2.45) is 23.7 Å². The van der Waals surface area contributed by atoms with Crippen LogP contribution in [0.4, 0.5) is 13.2 Å². The van der Waals surface area contributed by atoms with E-state index in [1.54, 1.807) is 6.92 Å². The topological polar surface area (TPSA) is 270 Å². The van der Waals surface area contributed by atoms with Crippen molar-refractivity contribution < 1.29 is 70.7 Å². The van der Waals surface area contributed by atoms with Crippen LogP contribution in [-0.2, 0) is 70.1 Å². The standard InChI is InChI=1S/C71H108ClF3N12O12/c1-14-43(4)58-67(97)81(9)44(5)62(92)87-36-32-52(87)66(96)83(11)54(39-45-23-16-15-17-24-45)65(95)80(8)41-56(88)76-50(31-29-46-28-30-48(49(72)38-46)71(73,74)75)63(93)86-35-22-27-51(86)61(91)78-70(33-20-21-34-70)69(99)85(13)59(47-25-18-19-26-47)68(98)84(12)55(64(94)79(6)7)40-57(89)82(10)53(37-42(2)3)60(90)77-58/h28,30,38,42-45,47,50-55,58-59H,14-27,29,31-37,39-41H2,1-13H3,(H,76,88)(H,77,90)(H,78,91)/t43-,44-,50-,51-,52-,53-,54-,55-,58-,59-/m0/s1. The fraction of sp³-hybridized carbons (Fsp3) is 0.746. The zero-order chi connectivity index (χ0) is 73.3. The third kappa shape index (κ3) is 18.5. The third-order valence-electron chi connectivity index (χ3n) is 22.2. The van der Waals surface area contributed by atoms with Crippen LogP contribution in [0.3, 0.4) is 0 Å². The molecule has 6 fully saturated rings. The molecule has 0 bridgehead atoms. The van der Waals surface area contributed by atoms with Crippen molar-refractivity contribution >= 4 is 82.5 Å². The molecule has 99 heavy (non-hydrogen) atoms. The first-order valence-corrected chi connectivity index (χ1v) is 36.1. The molecule has 12 amide bonds. The Labute approximate surface area is 586 Å². The number of benzene rings is 1. The maximum absolute atomic E-state index is 15.6. The molecule has 3 aliphatic carbocycles. The Balaban J connectivity index is 1.29. The Morgan fingerprint density at radius 1 is 0.667 bits per heavy atom. The largest absolute Gasteiger partial charge is 0.417 e. The number of nitrogens with one attached hydrogen (secondary N) is 3. The number of amides is 12. The van der Waals surface area contributed by atoms with Gasteiger partial charge in [0.2, 0.25) is 70.9 Å². The molecular formula is C71H108ClF3N12O12. The van der Waals surface area contributed by atoms with Gasteiger partial charge in [-0.3, -0.25) is 57.5 Å². The third-order valence-corrected chi connectivity index (χ3v) is 22.5. The van der Waals surface area contributed by atoms with Gasteiger partial charge < -0.3 is 60.0 Å². The number of hydrogen-bond donors (Lipinski definition) is 3. The molecule has 3 heterocycles. The Morgan fingerprint density at radius 3 is 1.87 bits per heavy atom. The molecule has 0 unspecified atom stereocenters. The lowest BCUT2D eigenvalue weighted by Crippen LogP contribution is -2.65. The van der Waals surface area contributed by atoms with Crippen molar-refractivity contribution in [1.82, 2.24) is 60.0 Å². The van der Waals surface area contributed by atoms with Gasteiger partial charge in [-0.15, -0.1) is 0 Å². The molecule has 3 aliphatic heterocycles. The summed E-state index contributed by atoms with van der Waals surface area (Å²) in [4.78, 5) is 191. The van der Waals surface area contributed by atoms with E-state index in [1.165, 1.54) is 109 Å². The molecule has 0 aromatic heterocycles. The summed E-state index contributed by atoms with van der Waals surface area (Å²) in [5, 5.41) is 8.17. The van der Waals surface area contributed by atoms with E-state index < -0.39 is 172 Å². The van der Waals surface area contributed by atoms with Crippen LogP contribution < -0.4 is 16.0 Å². The zero-order valence-electron chi connectivity index (χ0n) is 60.4. The molecular weight excluding hydrogens is 1310 g/mol. The summed E-state index contributed by atoms with van der Waals surface area (Å²) in [7, 11) is 11.6. The van der Waals surface area contributed by atoms with Crippen LogP contribution in [0.25, 0.3) is 0 Å². The van der Waals surface area contributed by atoms with Crippen LogP contribution in [-0.4, -0.2) is 251 Å². The normalized spacial score (nSPS) is 27.9. The van der Waals surface area contributed by atoms with Crippen molar-refractivity contribution in [3.63, 3.8) is 0 Å². The van der Waals surface area contributed by atoms with Crippen molar-refractivity contribution in [2.75, 3.05) is 76.0 Å². The van der Waals surface area contributed by atoms with Gasteiger partial charge in [-0.2, -0.15) is 13.2 Å². The highest BCUT2D eigenvalue weighted by Crippen LogP contribution is 2.39. The first kappa shape index (κ1) is 79.3. The van der Waals surface area contributed by atoms with Crippen molar-refractivity contribution in [2.45, 2.75) is 242 Å². The van der Waals surface area contributed by atoms with E-state index in [-0.39, 0.29) is 76.3 Å². The molecule has 6 aliphatic rings. The minimum Gasteiger partial charge on any atom is -0.347 e. The van der Waals surface area contributed by atoms with Gasteiger partial charge in [0.1, 0.15) is 59.9 Å². The van der Waals surface area contributed by atoms with Crippen LogP contribution in [0.15, 0.2) is 18.2 Å². The fourth-order valence-electron chi connectivity index (χ4n) is 15.5. The lowest BCUT2D eigenvalue weighted by molar-refractivity contribution is -0.160. The van der Waals surface area contributed by atoms with Crippen LogP contribution in [0, 0.1) is 23.7 Å². The van der Waals surface area contributed by atoms with Gasteiger partial charge in [-0.1, -0.05) is 110 Å². The maximum atomic E-state index is 15.6. The summed E-state index contributed by atoms with van der Waals surface area (Å²) in [5.41, 5.74) is -2.34. The van der Waals surface area contributed by atoms with Crippen molar-refractivity contribution in [3.8, 4) is 0 Å². The number of rotatable bonds is 11. The summed E-state index contributed by atoms with van der Waals surface area (Å²) in [6.45, 7) is 8.42. The number of likely N-dealkylation sites (N-methyl/N-ethyl adjacent to an activating group) is 7. The molecule has 0 radical (unpaired) electrons. The van der Waals surface area contributed by atoms with Crippen molar-refractivity contribution in [1.29, 1.82) is 0 Å². The van der Waals surface area contributed by atoms with Gasteiger partial charge in [0.25, 0.3) is 0 Å². The molecule has 24 nitrogen and oxygen atoms in total. The SMILES string of the molecule is CC[C@H](C)[C@@H]1NC(=O)[C@H](CC(C)C)N(C)C(=O)C[C@@H](C(=O)N(C)C)N(C)C(=O)[C@H](C2CCCC2)N(C)C(=O)C2(CCCC2)NC(=O)[C@@H]2CCCN2C(=O)[C@H](CCc2ccc(C(F)(F)F)c(Cl)c2)NC(=O)CN(C)C(=O)[C@H](CC2CCCCC2)N(C)C(=O)[C@@H]2CCN2C(=O)[C@H](C)N(C)C1=O. The maximum Gasteiger partial charge on any atom is 0.417 e. The van der Waals surface area contributed by atoms with Gasteiger partial charge >= 0.3 is 6.18 Å². The first-order valence-electron chi connectivity index (χ1n) is 35.7. The van der Waals surface area contributed by atoms with E-state index in [1.807, 2.05) is 20.8 Å². The average Bonchev–Trinajstić information content (AvgIpc) is 1.61. The van der Waals surface area contributed by atoms with E-state index in [0.717, 1.165) is 62.0 Å². The summed E-state index contributed by atoms with van der Waals surface area (Å²) >= 11 is 6.16. The highest BCUT2D eigenvalue weighted by molar-refractivity contribution is 6.31. The van der Waals surface area contributed by atoms with Crippen LogP contribution in [0.1, 0.15) is 181 Å². The molecule has 28 heteroatoms. The monoisotopic (exact) mass is 1410 g/mol. The van der Waals surface area contributed by atoms with E-state index >= 15 is 19.2 Å². The Kier molecular flexibility index (Phi) is 27.3. The molecule has 552 valence electrons. The van der Waals surface area contributed by atoms with E-state index in [2.05, 4.69) is 16.0 Å². The van der Waals surface area contributed by atoms with Gasteiger partial charge in [0.15, 0.2) is 0 Å². The molecule has 3 saturated carbocycles. The molecule has 7 rings (SSSR count). The Bertz CT molecular complexity index is 3140. The number of halogens is 4. The van der Waals surface area contributed by atoms with Gasteiger partial charge in [-0.25, -0.2) is 0 Å². The highest BCUT2D eigenvalue weighted by atomic mass is 35.5. The van der Waals surface area contributed by atoms with E-state index in [9.17, 15) is 51.5 Å². The number of aryl methyl sites for hydroxylation is 1. The Hall–Kier alpha value is -7.06. The lowest BCUT2D eigenvalue weighted by atomic mass is 9.84. The highest BCUT2D eigenvalue weighted by Gasteiger charge is 2.52. The minimum absolute atomic E-state index is 0.0235. The van der Waals surface area contributed by atoms with E-state index in [0.29, 0.717) is 44.1 Å². The quantitative estimate of drug-likeness (QED) is 0.243. The lowest BCUT2D eigenvalue weighted by Gasteiger charge is -2.45. The summed E-state index contributed by atoms with van der Waals surface area (Å²) in [6, 6.07) is -7.78. The average molecular weight is 1410 g/mol. The number of fused-ring (bicyclic) bond motifs is 2. The Morgan fingerprint density at radius 2 is 1.29 bits per heavy atom. The van der Waals surface area contributed by atoms with E-state index in [4.69, 9.17) is 11.6 Å². The number of hydrogen-bond acceptors (Lipinski definition) is 12. The molecule has 3 N–H and O–H groups in total. The smallest absolute Gasteiger partial charge is 0.347 e. The molecule has 10 atom stereocenters. The van der Waals surface area contributed by atoms with Crippen LogP contribution >= 0.6 is 11.6 Å². The fourth-order valence-corrected chi connectivity index (χ4v) is 15.9. The number of carbonyl (C=O) groups is 12. The predicted molar refractivity (Wildman–Crippen MR) is 364 cm³/mol. The van der Waals surface area contributed by atoms with Gasteiger partial charge in [0.05, 0.1) is 23.6 Å². The van der Waals surface area contributed by atoms with Gasteiger partial charge in [0, 0.05) is 69.5 Å². The molecule has 3 saturated heterocycles. The second kappa shape index (κ2) is 34.1. The molecule has 1 aromatic rings. The first-order chi connectivity index (χ1) is 46.5. The second-order valence-corrected chi connectivity index (χ2v) is 30.0. The van der Waals surface area contributed by atoms with Crippen LogP contribution in [0.5, 0.6) is 0 Å². The predicted octanol–water partition coefficient (Wildman–Crippen LogP) is 5.64. The second-order valence-electron chi connectivity index (χ2n) is 29.6. The zero-order valence-corrected chi connectivity index (χ0v) is 61.1. The van der Waals surface area contributed by atoms with Crippen LogP contribution in [0.2, 0.25) is 5.02 Å². The number of nitrogens with zero attached hydrogens (tertiary/aromatic N) is 9. The summed E-state index contributed by atoms with van der Waals surface area (Å²) < 4.78 is 41.6.